The monoisotopic (exact) mass is 799 g/mol. The lowest BCUT2D eigenvalue weighted by atomic mass is 9.70. The largest absolute Gasteiger partial charge is 0.456 e. The van der Waals surface area contributed by atoms with Crippen molar-refractivity contribution >= 4 is 71.3 Å². The Kier molecular flexibility index (Phi) is 7.07. The van der Waals surface area contributed by atoms with Gasteiger partial charge >= 0.3 is 0 Å². The fraction of sp³-hybridized carbons (Fsp3) is 0.0164. The van der Waals surface area contributed by atoms with Crippen molar-refractivity contribution in [3.8, 4) is 33.4 Å². The Morgan fingerprint density at radius 1 is 0.333 bits per heavy atom. The summed E-state index contributed by atoms with van der Waals surface area (Å²) in [5, 5.41) is 9.54. The third kappa shape index (κ3) is 4.72. The second-order valence-electron chi connectivity index (χ2n) is 17.1. The molecular formula is C61H37NO. The molecule has 0 atom stereocenters. The zero-order valence-electron chi connectivity index (χ0n) is 34.2. The van der Waals surface area contributed by atoms with Crippen LogP contribution in [0, 0.1) is 0 Å². The van der Waals surface area contributed by atoms with Gasteiger partial charge in [0.25, 0.3) is 0 Å². The highest BCUT2D eigenvalue weighted by molar-refractivity contribution is 6.18. The minimum absolute atomic E-state index is 0.475. The Labute approximate surface area is 364 Å². The van der Waals surface area contributed by atoms with Crippen LogP contribution in [-0.2, 0) is 5.41 Å². The Hall–Kier alpha value is -8.20. The van der Waals surface area contributed by atoms with Crippen molar-refractivity contribution in [1.82, 2.24) is 0 Å². The molecule has 0 fully saturated rings. The minimum atomic E-state index is -0.475. The molecule has 0 unspecified atom stereocenters. The van der Waals surface area contributed by atoms with Gasteiger partial charge < -0.3 is 9.32 Å². The maximum atomic E-state index is 6.68. The zero-order chi connectivity index (χ0) is 41.2. The molecule has 0 saturated carbocycles. The Morgan fingerprint density at radius 2 is 0.873 bits per heavy atom. The predicted octanol–water partition coefficient (Wildman–Crippen LogP) is 16.5. The molecule has 1 heterocycles. The van der Waals surface area contributed by atoms with Gasteiger partial charge in [0.15, 0.2) is 0 Å². The van der Waals surface area contributed by atoms with Gasteiger partial charge in [0.2, 0.25) is 0 Å². The second-order valence-corrected chi connectivity index (χ2v) is 17.1. The van der Waals surface area contributed by atoms with E-state index in [1.54, 1.807) is 0 Å². The fourth-order valence-electron chi connectivity index (χ4n) is 11.4. The van der Waals surface area contributed by atoms with Crippen LogP contribution in [-0.4, -0.2) is 0 Å². The standard InChI is InChI=1S/C61H37NO/c1-2-15-41-35-43(30-29-38(41)13-1)62(44-31-32-49-48-19-7-11-23-54(48)61(55(49)37-44)52-21-9-5-17-46(52)47-18-6-10-22-53(47)61)56-33-34-58-60(50-20-8-12-24-57(50)63-58)59(56)42-28-27-40-26-25-39-14-3-4-16-45(39)51(40)36-42/h1-37H. The molecule has 1 spiro atoms. The first-order chi connectivity index (χ1) is 31.2. The average Bonchev–Trinajstić information content (AvgIpc) is 3.98. The molecule has 2 aliphatic rings. The highest BCUT2D eigenvalue weighted by Crippen LogP contribution is 2.63. The van der Waals surface area contributed by atoms with E-state index in [-0.39, 0.29) is 0 Å². The van der Waals surface area contributed by atoms with E-state index in [1.807, 2.05) is 0 Å². The maximum Gasteiger partial charge on any atom is 0.136 e. The van der Waals surface area contributed by atoms with Gasteiger partial charge in [0.1, 0.15) is 11.2 Å². The van der Waals surface area contributed by atoms with E-state index in [0.717, 1.165) is 50.1 Å². The quantitative estimate of drug-likeness (QED) is 0.165. The van der Waals surface area contributed by atoms with Gasteiger partial charge in [0, 0.05) is 27.7 Å². The Balaban J connectivity index is 1.10. The summed E-state index contributed by atoms with van der Waals surface area (Å²) >= 11 is 0. The average molecular weight is 800 g/mol. The van der Waals surface area contributed by atoms with Crippen molar-refractivity contribution in [1.29, 1.82) is 0 Å². The van der Waals surface area contributed by atoms with E-state index in [1.165, 1.54) is 76.8 Å². The SMILES string of the molecule is c1ccc2c(c1)-c1ccccc1C21c2ccccc2-c2ccc(N(c3ccc4ccccc4c3)c3ccc4oc5ccccc5c4c3-c3ccc4ccc5ccccc5c4c3)cc21. The molecule has 0 N–H and O–H groups in total. The minimum Gasteiger partial charge on any atom is -0.456 e. The van der Waals surface area contributed by atoms with Crippen LogP contribution in [0.3, 0.4) is 0 Å². The summed E-state index contributed by atoms with van der Waals surface area (Å²) < 4.78 is 6.68. The number of rotatable bonds is 4. The first-order valence-electron chi connectivity index (χ1n) is 21.8. The topological polar surface area (TPSA) is 16.4 Å². The molecule has 0 radical (unpaired) electrons. The van der Waals surface area contributed by atoms with E-state index in [2.05, 4.69) is 229 Å². The van der Waals surface area contributed by atoms with Crippen LogP contribution in [0.15, 0.2) is 229 Å². The van der Waals surface area contributed by atoms with E-state index in [4.69, 9.17) is 4.42 Å². The number of benzene rings is 11. The predicted molar refractivity (Wildman–Crippen MR) is 263 cm³/mol. The molecule has 2 heteroatoms. The third-order valence-corrected chi connectivity index (χ3v) is 14.0. The molecule has 0 amide bonds. The van der Waals surface area contributed by atoms with Crippen LogP contribution in [0.1, 0.15) is 22.3 Å². The van der Waals surface area contributed by atoms with Gasteiger partial charge in [0.05, 0.1) is 11.1 Å². The zero-order valence-corrected chi connectivity index (χ0v) is 34.2. The first-order valence-corrected chi connectivity index (χ1v) is 21.8. The van der Waals surface area contributed by atoms with Crippen molar-refractivity contribution in [2.45, 2.75) is 5.41 Å². The summed E-state index contributed by atoms with van der Waals surface area (Å²) in [6.45, 7) is 0. The van der Waals surface area contributed by atoms with E-state index >= 15 is 0 Å². The molecule has 0 aliphatic heterocycles. The first kappa shape index (κ1) is 34.5. The lowest BCUT2D eigenvalue weighted by Crippen LogP contribution is -2.26. The number of fused-ring (bicyclic) bond motifs is 17. The van der Waals surface area contributed by atoms with E-state index in [9.17, 15) is 0 Å². The van der Waals surface area contributed by atoms with Gasteiger partial charge in [-0.15, -0.1) is 0 Å². The van der Waals surface area contributed by atoms with Crippen molar-refractivity contribution in [3.63, 3.8) is 0 Å². The van der Waals surface area contributed by atoms with E-state index in [0.29, 0.717) is 0 Å². The lowest BCUT2D eigenvalue weighted by molar-refractivity contribution is 0.669. The van der Waals surface area contributed by atoms with E-state index < -0.39 is 5.41 Å². The summed E-state index contributed by atoms with van der Waals surface area (Å²) in [6, 6.07) is 83.1. The molecule has 0 bridgehead atoms. The number of nitrogens with zero attached hydrogens (tertiary/aromatic N) is 1. The summed E-state index contributed by atoms with van der Waals surface area (Å²) in [5.74, 6) is 0. The van der Waals surface area contributed by atoms with Gasteiger partial charge in [-0.05, 0) is 131 Å². The fourth-order valence-corrected chi connectivity index (χ4v) is 11.4. The molecule has 2 aliphatic carbocycles. The molecule has 14 rings (SSSR count). The molecule has 1 aromatic heterocycles. The molecular weight excluding hydrogens is 763 g/mol. The molecule has 292 valence electrons. The van der Waals surface area contributed by atoms with Crippen LogP contribution < -0.4 is 4.90 Å². The summed E-state index contributed by atoms with van der Waals surface area (Å²) in [4.78, 5) is 2.50. The van der Waals surface area contributed by atoms with Crippen molar-refractivity contribution in [2.24, 2.45) is 0 Å². The smallest absolute Gasteiger partial charge is 0.136 e. The molecule has 2 nitrogen and oxygen atoms in total. The number of hydrogen-bond acceptors (Lipinski definition) is 2. The second kappa shape index (κ2) is 12.9. The van der Waals surface area contributed by atoms with Crippen LogP contribution >= 0.6 is 0 Å². The normalized spacial score (nSPS) is 13.2. The van der Waals surface area contributed by atoms with Crippen LogP contribution in [0.25, 0.3) is 87.6 Å². The number of furan rings is 1. The van der Waals surface area contributed by atoms with Crippen LogP contribution in [0.2, 0.25) is 0 Å². The molecule has 12 aromatic rings. The number of para-hydroxylation sites is 1. The molecule has 11 aromatic carbocycles. The van der Waals surface area contributed by atoms with Gasteiger partial charge in [-0.2, -0.15) is 0 Å². The van der Waals surface area contributed by atoms with Crippen molar-refractivity contribution < 1.29 is 4.42 Å². The highest BCUT2D eigenvalue weighted by Gasteiger charge is 2.51. The maximum absolute atomic E-state index is 6.68. The van der Waals surface area contributed by atoms with Gasteiger partial charge in [-0.3, -0.25) is 0 Å². The Bertz CT molecular complexity index is 3830. The van der Waals surface area contributed by atoms with Crippen LogP contribution in [0.4, 0.5) is 17.1 Å². The summed E-state index contributed by atoms with van der Waals surface area (Å²) in [7, 11) is 0. The number of anilines is 3. The third-order valence-electron chi connectivity index (χ3n) is 14.0. The molecule has 63 heavy (non-hydrogen) atoms. The molecule has 0 saturated heterocycles. The van der Waals surface area contributed by atoms with Crippen molar-refractivity contribution in [2.75, 3.05) is 4.90 Å². The van der Waals surface area contributed by atoms with Gasteiger partial charge in [-0.25, -0.2) is 0 Å². The highest BCUT2D eigenvalue weighted by atomic mass is 16.3. The Morgan fingerprint density at radius 3 is 1.62 bits per heavy atom. The number of hydrogen-bond donors (Lipinski definition) is 0. The lowest BCUT2D eigenvalue weighted by Gasteiger charge is -2.33. The van der Waals surface area contributed by atoms with Gasteiger partial charge in [-0.1, -0.05) is 176 Å². The summed E-state index contributed by atoms with van der Waals surface area (Å²) in [5.41, 5.74) is 17.3. The van der Waals surface area contributed by atoms with Crippen molar-refractivity contribution in [3.05, 3.63) is 247 Å². The van der Waals surface area contributed by atoms with Crippen LogP contribution in [0.5, 0.6) is 0 Å². The summed E-state index contributed by atoms with van der Waals surface area (Å²) in [6.07, 6.45) is 0.